The third-order valence-corrected chi connectivity index (χ3v) is 8.42. The van der Waals surface area contributed by atoms with E-state index in [1.807, 2.05) is 0 Å². The molecule has 0 bridgehead atoms. The van der Waals surface area contributed by atoms with E-state index in [2.05, 4.69) is 126 Å². The molecule has 1 aliphatic heterocycles. The highest BCUT2D eigenvalue weighted by atomic mass is 14.9. The first-order chi connectivity index (χ1) is 17.3. The van der Waals surface area contributed by atoms with Crippen molar-refractivity contribution >= 4 is 44.9 Å². The van der Waals surface area contributed by atoms with Gasteiger partial charge in [-0.05, 0) is 57.1 Å². The summed E-state index contributed by atoms with van der Waals surface area (Å²) in [4.78, 5) is 0. The van der Waals surface area contributed by atoms with Crippen LogP contribution in [0, 0.1) is 0 Å². The summed E-state index contributed by atoms with van der Waals surface area (Å²) >= 11 is 0. The summed E-state index contributed by atoms with van der Waals surface area (Å²) in [5, 5.41) is 2.71. The first-order valence-corrected chi connectivity index (χ1v) is 13.6. The Labute approximate surface area is 216 Å². The number of para-hydroxylation sites is 1. The normalized spacial score (nSPS) is 13.0. The van der Waals surface area contributed by atoms with Crippen LogP contribution in [0.2, 0.25) is 0 Å². The van der Waals surface area contributed by atoms with Crippen molar-refractivity contribution in [2.75, 3.05) is 0 Å². The Morgan fingerprint density at radius 1 is 0.611 bits per heavy atom. The molecule has 4 aromatic carbocycles. The molecule has 1 aromatic heterocycles. The van der Waals surface area contributed by atoms with Crippen molar-refractivity contribution in [1.82, 2.24) is 4.57 Å². The van der Waals surface area contributed by atoms with Gasteiger partial charge in [-0.1, -0.05) is 119 Å². The van der Waals surface area contributed by atoms with Gasteiger partial charge in [0.15, 0.2) is 0 Å². The summed E-state index contributed by atoms with van der Waals surface area (Å²) in [6, 6.07) is 27.7. The maximum Gasteiger partial charge on any atom is 0.246 e. The maximum atomic E-state index is 2.51. The summed E-state index contributed by atoms with van der Waals surface area (Å²) in [5.41, 5.74) is 14.4. The Balaban J connectivity index is 1.78. The minimum atomic E-state index is 0.235. The molecule has 1 aliphatic rings. The van der Waals surface area contributed by atoms with Gasteiger partial charge >= 0.3 is 0 Å². The lowest BCUT2D eigenvalue weighted by Gasteiger charge is -2.27. The molecule has 1 nitrogen and oxygen atoms in total. The quantitative estimate of drug-likeness (QED) is 0.241. The van der Waals surface area contributed by atoms with Crippen LogP contribution >= 0.6 is 0 Å². The first-order valence-electron chi connectivity index (χ1n) is 13.6. The van der Waals surface area contributed by atoms with Crippen LogP contribution in [0.5, 0.6) is 0 Å². The number of aromatic nitrogens is 1. The van der Waals surface area contributed by atoms with Gasteiger partial charge in [-0.3, -0.25) is 0 Å². The molecule has 0 amide bonds. The largest absolute Gasteiger partial charge is 0.344 e. The Morgan fingerprint density at radius 2 is 1.25 bits per heavy atom. The molecule has 0 radical (unpaired) electrons. The van der Waals surface area contributed by atoms with Gasteiger partial charge in [-0.25, -0.2) is 0 Å². The van der Waals surface area contributed by atoms with Crippen molar-refractivity contribution in [3.63, 3.8) is 0 Å². The molecule has 0 saturated heterocycles. The number of rotatable bonds is 4. The molecular formula is C34H36BN. The average Bonchev–Trinajstić information content (AvgIpc) is 3.35. The topological polar surface area (TPSA) is 4.93 Å². The van der Waals surface area contributed by atoms with E-state index >= 15 is 0 Å². The van der Waals surface area contributed by atoms with Gasteiger partial charge in [0, 0.05) is 28.9 Å². The Bertz CT molecular complexity index is 1600. The zero-order chi connectivity index (χ0) is 25.3. The summed E-state index contributed by atoms with van der Waals surface area (Å²) in [6.45, 7) is 14.3. The van der Waals surface area contributed by atoms with Gasteiger partial charge in [0.25, 0.3) is 0 Å². The second-order valence-electron chi connectivity index (χ2n) is 11.6. The number of benzene rings is 4. The van der Waals surface area contributed by atoms with E-state index in [9.17, 15) is 0 Å². The fourth-order valence-electron chi connectivity index (χ4n) is 6.62. The lowest BCUT2D eigenvalue weighted by Crippen LogP contribution is -2.52. The van der Waals surface area contributed by atoms with Crippen LogP contribution < -0.4 is 16.4 Å². The fraction of sp³-hybridized carbons (Fsp3) is 0.294. The zero-order valence-electron chi connectivity index (χ0n) is 22.7. The molecule has 2 heteroatoms. The monoisotopic (exact) mass is 469 g/mol. The van der Waals surface area contributed by atoms with E-state index < -0.39 is 0 Å². The summed E-state index contributed by atoms with van der Waals surface area (Å²) in [6.07, 6.45) is 0. The van der Waals surface area contributed by atoms with Crippen molar-refractivity contribution in [2.45, 2.75) is 59.3 Å². The highest BCUT2D eigenvalue weighted by Crippen LogP contribution is 2.35. The smallest absolute Gasteiger partial charge is 0.246 e. The average molecular weight is 469 g/mol. The molecular weight excluding hydrogens is 433 g/mol. The highest BCUT2D eigenvalue weighted by molar-refractivity contribution is 7.01. The van der Waals surface area contributed by atoms with Crippen LogP contribution in [0.1, 0.15) is 76.0 Å². The summed E-state index contributed by atoms with van der Waals surface area (Å²) in [5.74, 6) is 1.43. The first kappa shape index (κ1) is 23.2. The zero-order valence-corrected chi connectivity index (χ0v) is 22.7. The SMILES string of the molecule is CC(C)c1cc(C(C)C)c(B2c3ccccc3-c3ccc4c5ccccc5n(C)c4c32)c(C(C)C)c1. The minimum absolute atomic E-state index is 0.235. The lowest BCUT2D eigenvalue weighted by molar-refractivity contribution is 0.812. The second-order valence-corrected chi connectivity index (χ2v) is 11.6. The van der Waals surface area contributed by atoms with Crippen molar-refractivity contribution < 1.29 is 0 Å². The van der Waals surface area contributed by atoms with E-state index in [4.69, 9.17) is 0 Å². The predicted molar refractivity (Wildman–Crippen MR) is 159 cm³/mol. The fourth-order valence-corrected chi connectivity index (χ4v) is 6.62. The van der Waals surface area contributed by atoms with E-state index in [0.717, 1.165) is 0 Å². The number of fused-ring (bicyclic) bond motifs is 7. The van der Waals surface area contributed by atoms with Crippen molar-refractivity contribution in [3.05, 3.63) is 89.5 Å². The van der Waals surface area contributed by atoms with Gasteiger partial charge in [0.2, 0.25) is 6.71 Å². The predicted octanol–water partition coefficient (Wildman–Crippen LogP) is 7.20. The standard InChI is InChI=1S/C34H36BN/c1-20(2)23-18-28(21(3)4)32(29(19-23)22(5)6)35-30-14-10-8-12-24(30)26-16-17-27-25-13-9-11-15-31(25)36(7)34(27)33(26)35/h8-22H,1-7H3. The number of hydrogen-bond donors (Lipinski definition) is 0. The summed E-state index contributed by atoms with van der Waals surface area (Å²) in [7, 11) is 2.25. The molecule has 0 fully saturated rings. The Morgan fingerprint density at radius 3 is 1.92 bits per heavy atom. The lowest BCUT2D eigenvalue weighted by atomic mass is 9.36. The van der Waals surface area contributed by atoms with Crippen LogP contribution in [0.4, 0.5) is 0 Å². The number of aryl methyl sites for hydroxylation is 1. The Kier molecular flexibility index (Phi) is 5.41. The van der Waals surface area contributed by atoms with Crippen LogP contribution in [0.15, 0.2) is 72.8 Å². The molecule has 36 heavy (non-hydrogen) atoms. The van der Waals surface area contributed by atoms with Gasteiger partial charge < -0.3 is 4.57 Å². The van der Waals surface area contributed by atoms with Gasteiger partial charge in [-0.15, -0.1) is 0 Å². The molecule has 2 heterocycles. The number of hydrogen-bond acceptors (Lipinski definition) is 0. The minimum Gasteiger partial charge on any atom is -0.344 e. The maximum absolute atomic E-state index is 2.51. The van der Waals surface area contributed by atoms with Gasteiger partial charge in [-0.2, -0.15) is 0 Å². The highest BCUT2D eigenvalue weighted by Gasteiger charge is 2.39. The van der Waals surface area contributed by atoms with E-state index in [1.165, 1.54) is 66.0 Å². The van der Waals surface area contributed by atoms with Crippen LogP contribution in [0.3, 0.4) is 0 Å². The molecule has 0 spiro atoms. The van der Waals surface area contributed by atoms with E-state index in [-0.39, 0.29) is 6.71 Å². The van der Waals surface area contributed by atoms with Crippen LogP contribution in [-0.4, -0.2) is 11.3 Å². The van der Waals surface area contributed by atoms with Crippen LogP contribution in [0.25, 0.3) is 32.9 Å². The molecule has 180 valence electrons. The van der Waals surface area contributed by atoms with Crippen molar-refractivity contribution in [2.24, 2.45) is 7.05 Å². The van der Waals surface area contributed by atoms with E-state index in [1.54, 1.807) is 0 Å². The molecule has 0 saturated carbocycles. The summed E-state index contributed by atoms with van der Waals surface area (Å²) < 4.78 is 2.44. The van der Waals surface area contributed by atoms with Crippen LogP contribution in [-0.2, 0) is 7.05 Å². The molecule has 0 atom stereocenters. The van der Waals surface area contributed by atoms with Crippen molar-refractivity contribution in [1.29, 1.82) is 0 Å². The Hall–Kier alpha value is -3.26. The van der Waals surface area contributed by atoms with E-state index in [0.29, 0.717) is 17.8 Å². The van der Waals surface area contributed by atoms with Gasteiger partial charge in [0.05, 0.1) is 0 Å². The molecule has 0 unspecified atom stereocenters. The third kappa shape index (κ3) is 3.23. The second kappa shape index (κ2) is 8.41. The number of nitrogens with zero attached hydrogens (tertiary/aromatic N) is 1. The van der Waals surface area contributed by atoms with Gasteiger partial charge in [0.1, 0.15) is 0 Å². The van der Waals surface area contributed by atoms with Crippen molar-refractivity contribution in [3.8, 4) is 11.1 Å². The third-order valence-electron chi connectivity index (χ3n) is 8.42. The molecule has 0 aliphatic carbocycles. The molecule has 0 N–H and O–H groups in total. The molecule has 6 rings (SSSR count). The molecule has 5 aromatic rings.